The molecule has 4 N–H and O–H groups in total. The van der Waals surface area contributed by atoms with Gasteiger partial charge in [-0.2, -0.15) is 4.99 Å². The Morgan fingerprint density at radius 3 is 2.44 bits per heavy atom. The molecule has 1 aliphatic carbocycles. The van der Waals surface area contributed by atoms with E-state index in [4.69, 9.17) is 23.1 Å². The molecular weight excluding hydrogens is 365 g/mol. The molecule has 0 aromatic heterocycles. The van der Waals surface area contributed by atoms with Crippen LogP contribution in [0.2, 0.25) is 0 Å². The minimum Gasteiger partial charge on any atom is -0.370 e. The van der Waals surface area contributed by atoms with Crippen LogP contribution in [-0.2, 0) is 0 Å². The van der Waals surface area contributed by atoms with Crippen molar-refractivity contribution < 1.29 is 9.18 Å². The average Bonchev–Trinajstić information content (AvgIpc) is 2.70. The fourth-order valence-electron chi connectivity index (χ4n) is 2.99. The molecule has 3 rings (SSSR count). The summed E-state index contributed by atoms with van der Waals surface area (Å²) in [5, 5.41) is 0.488. The minimum absolute atomic E-state index is 0.310. The summed E-state index contributed by atoms with van der Waals surface area (Å²) in [5.41, 5.74) is 15.4. The van der Waals surface area contributed by atoms with E-state index in [1.165, 1.54) is 12.1 Å². The molecule has 0 spiro atoms. The van der Waals surface area contributed by atoms with Crippen LogP contribution in [0.1, 0.15) is 32.6 Å². The molecule has 0 unspecified atom stereocenters. The monoisotopic (exact) mass is 381 g/mol. The number of rotatable bonds is 2. The predicted molar refractivity (Wildman–Crippen MR) is 108 cm³/mol. The zero-order chi connectivity index (χ0) is 19.7. The fraction of sp³-hybridized carbons (Fsp3) is 0.0476. The lowest BCUT2D eigenvalue weighted by atomic mass is 9.90. The molecule has 0 aliphatic heterocycles. The Morgan fingerprint density at radius 1 is 1.07 bits per heavy atom. The maximum Gasteiger partial charge on any atom is 0.280 e. The molecule has 0 heterocycles. The van der Waals surface area contributed by atoms with E-state index in [-0.39, 0.29) is 11.8 Å². The van der Waals surface area contributed by atoms with Crippen molar-refractivity contribution in [3.05, 3.63) is 94.3 Å². The number of halogens is 2. The zero-order valence-electron chi connectivity index (χ0n) is 14.6. The number of nitrogens with zero attached hydrogens (tertiary/aromatic N) is 1. The fourth-order valence-corrected chi connectivity index (χ4v) is 3.29. The lowest BCUT2D eigenvalue weighted by molar-refractivity contribution is 0.100. The number of carbonyl (C=O) groups is 1. The normalized spacial score (nSPS) is 13.2. The largest absolute Gasteiger partial charge is 0.370 e. The Balaban J connectivity index is 2.25. The first-order valence-electron chi connectivity index (χ1n) is 8.09. The van der Waals surface area contributed by atoms with E-state index in [9.17, 15) is 9.18 Å². The van der Waals surface area contributed by atoms with Gasteiger partial charge in [-0.15, -0.1) is 0 Å². The lowest BCUT2D eigenvalue weighted by Crippen LogP contribution is -2.24. The highest BCUT2D eigenvalue weighted by molar-refractivity contribution is 6.49. The Labute approximate surface area is 161 Å². The number of aryl methyl sites for hydroxylation is 1. The van der Waals surface area contributed by atoms with Gasteiger partial charge in [0.2, 0.25) is 0 Å². The van der Waals surface area contributed by atoms with Crippen LogP contribution >= 0.6 is 11.6 Å². The van der Waals surface area contributed by atoms with Crippen molar-refractivity contribution >= 4 is 34.1 Å². The topological polar surface area (TPSA) is 81.5 Å². The van der Waals surface area contributed by atoms with Crippen LogP contribution in [0.15, 0.2) is 65.7 Å². The second kappa shape index (κ2) is 7.21. The first kappa shape index (κ1) is 18.6. The Bertz CT molecular complexity index is 1060. The average molecular weight is 382 g/mol. The molecule has 0 fully saturated rings. The van der Waals surface area contributed by atoms with E-state index in [1.807, 2.05) is 13.0 Å². The second-order valence-corrected chi connectivity index (χ2v) is 6.59. The highest BCUT2D eigenvalue weighted by Crippen LogP contribution is 2.38. The molecule has 27 heavy (non-hydrogen) atoms. The van der Waals surface area contributed by atoms with Crippen molar-refractivity contribution in [2.75, 3.05) is 0 Å². The Hall–Kier alpha value is -3.18. The van der Waals surface area contributed by atoms with Crippen molar-refractivity contribution in [1.29, 1.82) is 0 Å². The number of allylic oxidation sites excluding steroid dienone is 3. The summed E-state index contributed by atoms with van der Waals surface area (Å²) in [5.74, 6) is -1.19. The number of fused-ring (bicyclic) bond motifs is 1. The van der Waals surface area contributed by atoms with Gasteiger partial charge >= 0.3 is 0 Å². The molecular formula is C21H17ClFN3O. The zero-order valence-corrected chi connectivity index (χ0v) is 15.3. The van der Waals surface area contributed by atoms with Gasteiger partial charge in [0.1, 0.15) is 5.82 Å². The number of aliphatic imine (C=N–C) groups is 1. The first-order chi connectivity index (χ1) is 12.8. The van der Waals surface area contributed by atoms with E-state index in [0.717, 1.165) is 22.3 Å². The van der Waals surface area contributed by atoms with Crippen LogP contribution in [0.25, 0.3) is 10.6 Å². The molecule has 0 bridgehead atoms. The Morgan fingerprint density at radius 2 is 1.78 bits per heavy atom. The third-order valence-corrected chi connectivity index (χ3v) is 4.48. The summed E-state index contributed by atoms with van der Waals surface area (Å²) in [7, 11) is 0. The van der Waals surface area contributed by atoms with E-state index in [2.05, 4.69) is 11.6 Å². The van der Waals surface area contributed by atoms with Crippen molar-refractivity contribution in [2.45, 2.75) is 6.92 Å². The summed E-state index contributed by atoms with van der Waals surface area (Å²) < 4.78 is 13.6. The number of amides is 1. The molecule has 0 saturated carbocycles. The van der Waals surface area contributed by atoms with Gasteiger partial charge in [0.25, 0.3) is 5.91 Å². The molecule has 136 valence electrons. The van der Waals surface area contributed by atoms with Gasteiger partial charge < -0.3 is 11.5 Å². The predicted octanol–water partition coefficient (Wildman–Crippen LogP) is 4.13. The van der Waals surface area contributed by atoms with E-state index in [0.29, 0.717) is 21.7 Å². The summed E-state index contributed by atoms with van der Waals surface area (Å²) >= 11 is 6.43. The molecule has 0 saturated heterocycles. The van der Waals surface area contributed by atoms with Crippen LogP contribution in [0.5, 0.6) is 0 Å². The van der Waals surface area contributed by atoms with Crippen molar-refractivity contribution in [3.8, 4) is 0 Å². The number of nitrogens with two attached hydrogens (primary N) is 2. The number of benzene rings is 2. The van der Waals surface area contributed by atoms with Crippen molar-refractivity contribution in [1.82, 2.24) is 0 Å². The highest BCUT2D eigenvalue weighted by atomic mass is 35.5. The maximum atomic E-state index is 13.6. The van der Waals surface area contributed by atoms with Crippen LogP contribution in [0, 0.1) is 12.7 Å². The summed E-state index contributed by atoms with van der Waals surface area (Å²) in [4.78, 5) is 15.8. The Kier molecular flexibility index (Phi) is 4.97. The van der Waals surface area contributed by atoms with Gasteiger partial charge in [0, 0.05) is 16.2 Å². The van der Waals surface area contributed by atoms with Crippen molar-refractivity contribution in [2.24, 2.45) is 16.5 Å². The van der Waals surface area contributed by atoms with Crippen LogP contribution in [-0.4, -0.2) is 11.9 Å². The number of guanidine groups is 1. The van der Waals surface area contributed by atoms with Gasteiger partial charge in [-0.3, -0.25) is 4.79 Å². The SMILES string of the molecule is C=C1C=C(Cl)c2ccc(C(=O)N=C(N)N)cc2C(c2ccc(F)cc2C)=C1. The number of hydrogen-bond acceptors (Lipinski definition) is 1. The number of hydrogen-bond donors (Lipinski definition) is 2. The molecule has 1 aliphatic rings. The smallest absolute Gasteiger partial charge is 0.280 e. The first-order valence-corrected chi connectivity index (χ1v) is 8.47. The summed E-state index contributed by atoms with van der Waals surface area (Å²) in [6, 6.07) is 9.54. The maximum absolute atomic E-state index is 13.6. The summed E-state index contributed by atoms with van der Waals surface area (Å²) in [6.07, 6.45) is 3.59. The van der Waals surface area contributed by atoms with Crippen LogP contribution in [0.3, 0.4) is 0 Å². The highest BCUT2D eigenvalue weighted by Gasteiger charge is 2.19. The molecule has 2 aromatic carbocycles. The molecule has 0 radical (unpaired) electrons. The van der Waals surface area contributed by atoms with Crippen LogP contribution in [0.4, 0.5) is 4.39 Å². The van der Waals surface area contributed by atoms with Gasteiger partial charge in [0.15, 0.2) is 5.96 Å². The number of carbonyl (C=O) groups excluding carboxylic acids is 1. The van der Waals surface area contributed by atoms with Gasteiger partial charge in [0.05, 0.1) is 0 Å². The van der Waals surface area contributed by atoms with Gasteiger partial charge in [-0.1, -0.05) is 30.3 Å². The quantitative estimate of drug-likeness (QED) is 0.606. The molecule has 1 amide bonds. The third kappa shape index (κ3) is 3.83. The minimum atomic E-state index is -0.559. The summed E-state index contributed by atoms with van der Waals surface area (Å²) in [6.45, 7) is 5.81. The van der Waals surface area contributed by atoms with E-state index < -0.39 is 5.91 Å². The van der Waals surface area contributed by atoms with Crippen molar-refractivity contribution in [3.63, 3.8) is 0 Å². The molecule has 0 atom stereocenters. The lowest BCUT2D eigenvalue weighted by Gasteiger charge is -2.15. The van der Waals surface area contributed by atoms with Crippen LogP contribution < -0.4 is 11.5 Å². The van der Waals surface area contributed by atoms with Gasteiger partial charge in [-0.25, -0.2) is 4.39 Å². The second-order valence-electron chi connectivity index (χ2n) is 6.19. The molecule has 2 aromatic rings. The van der Waals surface area contributed by atoms with Gasteiger partial charge in [-0.05, 0) is 71.2 Å². The third-order valence-electron chi connectivity index (χ3n) is 4.17. The van der Waals surface area contributed by atoms with E-state index in [1.54, 1.807) is 30.3 Å². The van der Waals surface area contributed by atoms with E-state index >= 15 is 0 Å². The molecule has 4 nitrogen and oxygen atoms in total. The standard InChI is InChI=1S/C21H17ClFN3O/c1-11-7-17(15-6-4-14(23)9-12(15)2)18-10-13(20(27)26-21(24)25)3-5-16(18)19(22)8-11/h3-10H,1H2,2H3,(H4,24,25,26,27). The molecule has 6 heteroatoms.